The SMILES string of the molecule is Fc1ccc([C@@H]2CC(c3ccc(I)cc3)=NN2c2ccccc2)cc1. The van der Waals surface area contributed by atoms with Gasteiger partial charge in [0, 0.05) is 9.99 Å². The Morgan fingerprint density at radius 2 is 1.56 bits per heavy atom. The van der Waals surface area contributed by atoms with Gasteiger partial charge in [-0.15, -0.1) is 0 Å². The first kappa shape index (κ1) is 16.3. The third kappa shape index (κ3) is 3.44. The summed E-state index contributed by atoms with van der Waals surface area (Å²) in [6.07, 6.45) is 0.793. The molecule has 0 aromatic heterocycles. The Morgan fingerprint density at radius 1 is 0.880 bits per heavy atom. The van der Waals surface area contributed by atoms with Crippen LogP contribution in [0.5, 0.6) is 0 Å². The van der Waals surface area contributed by atoms with Crippen LogP contribution in [0.1, 0.15) is 23.6 Å². The van der Waals surface area contributed by atoms with E-state index in [0.717, 1.165) is 28.9 Å². The third-order valence-electron chi connectivity index (χ3n) is 4.36. The summed E-state index contributed by atoms with van der Waals surface area (Å²) in [4.78, 5) is 0. The van der Waals surface area contributed by atoms with Crippen molar-refractivity contribution in [1.29, 1.82) is 0 Å². The quantitative estimate of drug-likeness (QED) is 0.470. The molecule has 25 heavy (non-hydrogen) atoms. The lowest BCUT2D eigenvalue weighted by molar-refractivity contribution is 0.624. The highest BCUT2D eigenvalue weighted by atomic mass is 127. The fraction of sp³-hybridized carbons (Fsp3) is 0.0952. The summed E-state index contributed by atoms with van der Waals surface area (Å²) in [7, 11) is 0. The second-order valence-corrected chi connectivity index (χ2v) is 7.25. The van der Waals surface area contributed by atoms with Crippen LogP contribution in [-0.4, -0.2) is 5.71 Å². The average molecular weight is 442 g/mol. The maximum Gasteiger partial charge on any atom is 0.123 e. The maximum absolute atomic E-state index is 13.3. The fourth-order valence-corrected chi connectivity index (χ4v) is 3.45. The molecule has 3 aromatic rings. The second-order valence-electron chi connectivity index (χ2n) is 6.01. The Kier molecular flexibility index (Phi) is 4.53. The molecule has 0 fully saturated rings. The van der Waals surface area contributed by atoms with E-state index in [0.29, 0.717) is 0 Å². The number of nitrogens with zero attached hydrogens (tertiary/aromatic N) is 2. The van der Waals surface area contributed by atoms with Crippen molar-refractivity contribution < 1.29 is 4.39 Å². The van der Waals surface area contributed by atoms with Gasteiger partial charge < -0.3 is 0 Å². The Hall–Kier alpha value is -2.21. The van der Waals surface area contributed by atoms with Gasteiger partial charge in [-0.3, -0.25) is 5.01 Å². The van der Waals surface area contributed by atoms with E-state index in [1.165, 1.54) is 15.7 Å². The van der Waals surface area contributed by atoms with Crippen molar-refractivity contribution in [3.05, 3.63) is 99.4 Å². The molecule has 0 radical (unpaired) electrons. The van der Waals surface area contributed by atoms with E-state index in [1.807, 2.05) is 35.3 Å². The Balaban J connectivity index is 1.73. The van der Waals surface area contributed by atoms with E-state index in [1.54, 1.807) is 0 Å². The van der Waals surface area contributed by atoms with Gasteiger partial charge in [0.25, 0.3) is 0 Å². The number of benzene rings is 3. The summed E-state index contributed by atoms with van der Waals surface area (Å²) in [6, 6.07) is 25.3. The molecule has 0 amide bonds. The average Bonchev–Trinajstić information content (AvgIpc) is 3.09. The predicted molar refractivity (Wildman–Crippen MR) is 108 cm³/mol. The molecule has 1 heterocycles. The van der Waals surface area contributed by atoms with Gasteiger partial charge in [-0.1, -0.05) is 42.5 Å². The summed E-state index contributed by atoms with van der Waals surface area (Å²) >= 11 is 2.30. The van der Waals surface area contributed by atoms with E-state index in [-0.39, 0.29) is 11.9 Å². The first-order chi connectivity index (χ1) is 12.2. The lowest BCUT2D eigenvalue weighted by Gasteiger charge is -2.23. The topological polar surface area (TPSA) is 15.6 Å². The van der Waals surface area contributed by atoms with Gasteiger partial charge in [-0.05, 0) is 70.1 Å². The van der Waals surface area contributed by atoms with Gasteiger partial charge >= 0.3 is 0 Å². The minimum Gasteiger partial charge on any atom is -0.257 e. The summed E-state index contributed by atoms with van der Waals surface area (Å²) in [5.74, 6) is -0.216. The molecule has 1 aliphatic heterocycles. The number of hydrazone groups is 1. The first-order valence-electron chi connectivity index (χ1n) is 8.14. The number of para-hydroxylation sites is 1. The normalized spacial score (nSPS) is 16.8. The smallest absolute Gasteiger partial charge is 0.123 e. The van der Waals surface area contributed by atoms with Gasteiger partial charge in [-0.2, -0.15) is 5.10 Å². The number of hydrogen-bond acceptors (Lipinski definition) is 2. The van der Waals surface area contributed by atoms with Crippen molar-refractivity contribution in [2.75, 3.05) is 5.01 Å². The van der Waals surface area contributed by atoms with Crippen LogP contribution < -0.4 is 5.01 Å². The number of anilines is 1. The molecule has 124 valence electrons. The largest absolute Gasteiger partial charge is 0.257 e. The monoisotopic (exact) mass is 442 g/mol. The molecule has 4 heteroatoms. The Morgan fingerprint density at radius 3 is 2.24 bits per heavy atom. The molecule has 0 unspecified atom stereocenters. The molecule has 0 spiro atoms. The second kappa shape index (κ2) is 6.96. The van der Waals surface area contributed by atoms with E-state index in [4.69, 9.17) is 5.10 Å². The molecule has 1 atom stereocenters. The van der Waals surface area contributed by atoms with Gasteiger partial charge in [0.05, 0.1) is 17.4 Å². The van der Waals surface area contributed by atoms with Crippen LogP contribution in [0.2, 0.25) is 0 Å². The van der Waals surface area contributed by atoms with Crippen LogP contribution in [0.4, 0.5) is 10.1 Å². The van der Waals surface area contributed by atoms with Crippen molar-refractivity contribution in [2.24, 2.45) is 5.10 Å². The van der Waals surface area contributed by atoms with Crippen molar-refractivity contribution in [2.45, 2.75) is 12.5 Å². The molecule has 0 N–H and O–H groups in total. The van der Waals surface area contributed by atoms with Crippen LogP contribution in [0.3, 0.4) is 0 Å². The Bertz CT molecular complexity index is 889. The van der Waals surface area contributed by atoms with Gasteiger partial charge in [0.1, 0.15) is 5.82 Å². The number of rotatable bonds is 3. The van der Waals surface area contributed by atoms with Gasteiger partial charge in [-0.25, -0.2) is 4.39 Å². The molecule has 0 saturated carbocycles. The number of halogens is 2. The summed E-state index contributed by atoms with van der Waals surface area (Å²) < 4.78 is 14.5. The van der Waals surface area contributed by atoms with Crippen molar-refractivity contribution >= 4 is 34.0 Å². The van der Waals surface area contributed by atoms with Crippen LogP contribution in [0.15, 0.2) is 84.0 Å². The molecular weight excluding hydrogens is 426 g/mol. The van der Waals surface area contributed by atoms with Crippen LogP contribution in [-0.2, 0) is 0 Å². The predicted octanol–water partition coefficient (Wildman–Crippen LogP) is 5.79. The minimum absolute atomic E-state index is 0.0669. The summed E-state index contributed by atoms with van der Waals surface area (Å²) in [5, 5.41) is 6.93. The molecule has 3 aromatic carbocycles. The highest BCUT2D eigenvalue weighted by Crippen LogP contribution is 2.36. The molecule has 0 saturated heterocycles. The third-order valence-corrected chi connectivity index (χ3v) is 5.08. The van der Waals surface area contributed by atoms with Crippen molar-refractivity contribution in [3.8, 4) is 0 Å². The zero-order chi connectivity index (χ0) is 17.2. The van der Waals surface area contributed by atoms with Crippen LogP contribution in [0, 0.1) is 9.39 Å². The van der Waals surface area contributed by atoms with Gasteiger partial charge in [0.15, 0.2) is 0 Å². The molecule has 1 aliphatic rings. The van der Waals surface area contributed by atoms with Crippen LogP contribution in [0.25, 0.3) is 0 Å². The fourth-order valence-electron chi connectivity index (χ4n) is 3.09. The molecule has 0 bridgehead atoms. The Labute approximate surface area is 160 Å². The summed E-state index contributed by atoms with van der Waals surface area (Å²) in [5.41, 5.74) is 4.28. The van der Waals surface area contributed by atoms with Crippen molar-refractivity contribution in [1.82, 2.24) is 0 Å². The minimum atomic E-state index is -0.216. The van der Waals surface area contributed by atoms with E-state index < -0.39 is 0 Å². The lowest BCUT2D eigenvalue weighted by atomic mass is 9.98. The van der Waals surface area contributed by atoms with E-state index in [9.17, 15) is 4.39 Å². The van der Waals surface area contributed by atoms with E-state index in [2.05, 4.69) is 59.0 Å². The molecular formula is C21H16FIN2. The molecule has 4 rings (SSSR count). The van der Waals surface area contributed by atoms with E-state index >= 15 is 0 Å². The highest BCUT2D eigenvalue weighted by molar-refractivity contribution is 14.1. The zero-order valence-corrected chi connectivity index (χ0v) is 15.6. The first-order valence-corrected chi connectivity index (χ1v) is 9.22. The lowest BCUT2D eigenvalue weighted by Crippen LogP contribution is -2.18. The van der Waals surface area contributed by atoms with Crippen LogP contribution >= 0.6 is 22.6 Å². The molecule has 2 nitrogen and oxygen atoms in total. The number of hydrogen-bond donors (Lipinski definition) is 0. The van der Waals surface area contributed by atoms with Gasteiger partial charge in [0.2, 0.25) is 0 Å². The highest BCUT2D eigenvalue weighted by Gasteiger charge is 2.29. The maximum atomic E-state index is 13.3. The standard InChI is InChI=1S/C21H16FIN2/c22-17-10-6-16(7-11-17)21-14-20(15-8-12-18(23)13-9-15)24-25(21)19-4-2-1-3-5-19/h1-13,21H,14H2/t21-/m0/s1. The van der Waals surface area contributed by atoms with Crippen molar-refractivity contribution in [3.63, 3.8) is 0 Å². The zero-order valence-electron chi connectivity index (χ0n) is 13.4. The summed E-state index contributed by atoms with van der Waals surface area (Å²) in [6.45, 7) is 0. The molecule has 0 aliphatic carbocycles.